The van der Waals surface area contributed by atoms with Crippen molar-refractivity contribution in [3.8, 4) is 0 Å². The molecule has 21 heavy (non-hydrogen) atoms. The summed E-state index contributed by atoms with van der Waals surface area (Å²) in [5.41, 5.74) is 0.493. The van der Waals surface area contributed by atoms with Gasteiger partial charge in [0.1, 0.15) is 0 Å². The van der Waals surface area contributed by atoms with Crippen molar-refractivity contribution in [1.29, 1.82) is 0 Å². The molecular formula is C13H22ClN3O2S2. The van der Waals surface area contributed by atoms with Gasteiger partial charge >= 0.3 is 0 Å². The van der Waals surface area contributed by atoms with Gasteiger partial charge < -0.3 is 4.90 Å². The molecule has 2 rings (SSSR count). The molecular weight excluding hydrogens is 330 g/mol. The van der Waals surface area contributed by atoms with E-state index in [2.05, 4.69) is 23.7 Å². The first-order chi connectivity index (χ1) is 9.80. The van der Waals surface area contributed by atoms with Gasteiger partial charge in [0.2, 0.25) is 0 Å². The molecule has 0 aromatic carbocycles. The summed E-state index contributed by atoms with van der Waals surface area (Å²) in [5, 5.41) is 0. The van der Waals surface area contributed by atoms with Crippen LogP contribution in [0.25, 0.3) is 0 Å². The number of aromatic nitrogens is 1. The highest BCUT2D eigenvalue weighted by Gasteiger charge is 2.31. The van der Waals surface area contributed by atoms with Crippen LogP contribution in [0.3, 0.4) is 0 Å². The molecule has 1 aromatic rings. The van der Waals surface area contributed by atoms with E-state index in [9.17, 15) is 8.42 Å². The van der Waals surface area contributed by atoms with Crippen LogP contribution in [0, 0.1) is 12.8 Å². The SMILES string of the molecule is Cc1nc(Cl)sc1S(=O)(=O)N1CCN(CCC(C)C)CC1. The number of thiazole rings is 1. The first kappa shape index (κ1) is 17.1. The standard InChI is InChI=1S/C13H22ClN3O2S2/c1-10(2)4-5-16-6-8-17(9-7-16)21(18,19)12-11(3)15-13(14)20-12/h10H,4-9H2,1-3H3. The normalized spacial score (nSPS) is 18.5. The smallest absolute Gasteiger partial charge is 0.254 e. The van der Waals surface area contributed by atoms with Gasteiger partial charge in [-0.25, -0.2) is 13.4 Å². The Morgan fingerprint density at radius 1 is 1.29 bits per heavy atom. The highest BCUT2D eigenvalue weighted by atomic mass is 35.5. The van der Waals surface area contributed by atoms with Crippen LogP contribution in [0.1, 0.15) is 26.0 Å². The summed E-state index contributed by atoms with van der Waals surface area (Å²) >= 11 is 6.86. The van der Waals surface area contributed by atoms with Crippen LogP contribution in [0.5, 0.6) is 0 Å². The molecule has 1 aliphatic rings. The second-order valence-electron chi connectivity index (χ2n) is 5.77. The third kappa shape index (κ3) is 4.16. The van der Waals surface area contributed by atoms with Crippen LogP contribution in [0.2, 0.25) is 4.47 Å². The number of hydrogen-bond donors (Lipinski definition) is 0. The molecule has 0 atom stereocenters. The Labute approximate surface area is 136 Å². The van der Waals surface area contributed by atoms with E-state index in [1.165, 1.54) is 0 Å². The highest BCUT2D eigenvalue weighted by molar-refractivity contribution is 7.91. The van der Waals surface area contributed by atoms with Crippen LogP contribution < -0.4 is 0 Å². The molecule has 0 amide bonds. The largest absolute Gasteiger partial charge is 0.301 e. The predicted molar refractivity (Wildman–Crippen MR) is 86.5 cm³/mol. The number of rotatable bonds is 5. The van der Waals surface area contributed by atoms with Gasteiger partial charge in [0, 0.05) is 26.2 Å². The molecule has 0 bridgehead atoms. The van der Waals surface area contributed by atoms with E-state index in [1.54, 1.807) is 11.2 Å². The maximum Gasteiger partial charge on any atom is 0.254 e. The lowest BCUT2D eigenvalue weighted by Crippen LogP contribution is -2.48. The fourth-order valence-corrected chi connectivity index (χ4v) is 5.64. The fourth-order valence-electron chi connectivity index (χ4n) is 2.34. The van der Waals surface area contributed by atoms with E-state index in [1.807, 2.05) is 0 Å². The molecule has 0 saturated carbocycles. The first-order valence-electron chi connectivity index (χ1n) is 7.16. The zero-order chi connectivity index (χ0) is 15.6. The van der Waals surface area contributed by atoms with Crippen LogP contribution in [-0.2, 0) is 10.0 Å². The van der Waals surface area contributed by atoms with Gasteiger partial charge in [-0.1, -0.05) is 36.8 Å². The van der Waals surface area contributed by atoms with E-state index in [0.29, 0.717) is 24.7 Å². The first-order valence-corrected chi connectivity index (χ1v) is 9.79. The molecule has 1 aliphatic heterocycles. The van der Waals surface area contributed by atoms with Gasteiger partial charge in [-0.2, -0.15) is 4.31 Å². The molecule has 1 aromatic heterocycles. The van der Waals surface area contributed by atoms with Gasteiger partial charge in [-0.3, -0.25) is 0 Å². The number of halogens is 1. The van der Waals surface area contributed by atoms with Gasteiger partial charge in [0.15, 0.2) is 8.68 Å². The van der Waals surface area contributed by atoms with Crippen molar-refractivity contribution in [3.63, 3.8) is 0 Å². The zero-order valence-corrected chi connectivity index (χ0v) is 15.1. The number of piperazine rings is 1. The van der Waals surface area contributed by atoms with Gasteiger partial charge in [0.25, 0.3) is 10.0 Å². The van der Waals surface area contributed by atoms with E-state index >= 15 is 0 Å². The Morgan fingerprint density at radius 2 is 1.90 bits per heavy atom. The molecule has 8 heteroatoms. The molecule has 0 aliphatic carbocycles. The maximum atomic E-state index is 12.6. The summed E-state index contributed by atoms with van der Waals surface area (Å²) in [5.74, 6) is 0.675. The van der Waals surface area contributed by atoms with Crippen molar-refractivity contribution in [2.75, 3.05) is 32.7 Å². The lowest BCUT2D eigenvalue weighted by molar-refractivity contribution is 0.181. The molecule has 1 saturated heterocycles. The second-order valence-corrected chi connectivity index (χ2v) is 9.48. The Morgan fingerprint density at radius 3 is 2.38 bits per heavy atom. The fraction of sp³-hybridized carbons (Fsp3) is 0.769. The van der Waals surface area contributed by atoms with Crippen molar-refractivity contribution in [3.05, 3.63) is 10.2 Å². The van der Waals surface area contributed by atoms with Crippen molar-refractivity contribution < 1.29 is 8.42 Å². The van der Waals surface area contributed by atoms with Crippen molar-refractivity contribution >= 4 is 33.0 Å². The molecule has 0 radical (unpaired) electrons. The summed E-state index contributed by atoms with van der Waals surface area (Å²) in [6.07, 6.45) is 1.15. The number of aryl methyl sites for hydroxylation is 1. The van der Waals surface area contributed by atoms with Gasteiger partial charge in [-0.05, 0) is 25.8 Å². The van der Waals surface area contributed by atoms with E-state index < -0.39 is 10.0 Å². The summed E-state index contributed by atoms with van der Waals surface area (Å²) in [6.45, 7) is 9.79. The molecule has 1 fully saturated rings. The average molecular weight is 352 g/mol. The number of hydrogen-bond acceptors (Lipinski definition) is 5. The van der Waals surface area contributed by atoms with Crippen molar-refractivity contribution in [1.82, 2.24) is 14.2 Å². The molecule has 0 unspecified atom stereocenters. The summed E-state index contributed by atoms with van der Waals surface area (Å²) < 4.78 is 27.3. The molecule has 0 spiro atoms. The quantitative estimate of drug-likeness (QED) is 0.817. The Kier molecular flexibility index (Phi) is 5.65. The molecule has 5 nitrogen and oxygen atoms in total. The highest BCUT2D eigenvalue weighted by Crippen LogP contribution is 2.29. The van der Waals surface area contributed by atoms with Crippen molar-refractivity contribution in [2.24, 2.45) is 5.92 Å². The predicted octanol–water partition coefficient (Wildman–Crippen LogP) is 2.46. The van der Waals surface area contributed by atoms with Crippen LogP contribution in [0.15, 0.2) is 4.21 Å². The third-order valence-electron chi connectivity index (χ3n) is 3.66. The summed E-state index contributed by atoms with van der Waals surface area (Å²) in [4.78, 5) is 6.34. The van der Waals surface area contributed by atoms with Gasteiger partial charge in [-0.15, -0.1) is 0 Å². The van der Waals surface area contributed by atoms with Gasteiger partial charge in [0.05, 0.1) is 5.69 Å². The second kappa shape index (κ2) is 6.91. The Hall–Kier alpha value is -0.210. The lowest BCUT2D eigenvalue weighted by Gasteiger charge is -2.34. The van der Waals surface area contributed by atoms with Crippen LogP contribution in [0.4, 0.5) is 0 Å². The van der Waals surface area contributed by atoms with Crippen LogP contribution in [-0.4, -0.2) is 55.3 Å². The average Bonchev–Trinajstić information content (AvgIpc) is 2.76. The van der Waals surface area contributed by atoms with E-state index in [0.717, 1.165) is 37.4 Å². The van der Waals surface area contributed by atoms with Crippen LogP contribution >= 0.6 is 22.9 Å². The van der Waals surface area contributed by atoms with Crippen molar-refractivity contribution in [2.45, 2.75) is 31.4 Å². The summed E-state index contributed by atoms with van der Waals surface area (Å²) in [6, 6.07) is 0. The Bertz CT molecular complexity index is 578. The Balaban J connectivity index is 2.00. The molecule has 0 N–H and O–H groups in total. The third-order valence-corrected chi connectivity index (χ3v) is 7.40. The minimum atomic E-state index is -3.45. The zero-order valence-electron chi connectivity index (χ0n) is 12.7. The number of nitrogens with zero attached hydrogens (tertiary/aromatic N) is 3. The number of sulfonamides is 1. The molecule has 120 valence electrons. The topological polar surface area (TPSA) is 53.5 Å². The monoisotopic (exact) mass is 351 g/mol. The lowest BCUT2D eigenvalue weighted by atomic mass is 10.1. The van der Waals surface area contributed by atoms with E-state index in [-0.39, 0.29) is 8.68 Å². The molecule has 2 heterocycles. The minimum absolute atomic E-state index is 0.279. The maximum absolute atomic E-state index is 12.6. The summed E-state index contributed by atoms with van der Waals surface area (Å²) in [7, 11) is -3.45. The minimum Gasteiger partial charge on any atom is -0.301 e. The van der Waals surface area contributed by atoms with E-state index in [4.69, 9.17) is 11.6 Å².